The number of amides is 2. The summed E-state index contributed by atoms with van der Waals surface area (Å²) in [6.45, 7) is 5.97. The highest BCUT2D eigenvalue weighted by Crippen LogP contribution is 2.21. The van der Waals surface area contributed by atoms with Crippen LogP contribution in [-0.2, 0) is 4.79 Å². The number of benzene rings is 2. The van der Waals surface area contributed by atoms with Crippen LogP contribution in [0.4, 0.5) is 0 Å². The second-order valence-electron chi connectivity index (χ2n) is 6.73. The zero-order valence-corrected chi connectivity index (χ0v) is 15.8. The maximum Gasteiger partial charge on any atom is 0.251 e. The highest BCUT2D eigenvalue weighted by molar-refractivity contribution is 5.98. The molecule has 0 fully saturated rings. The maximum atomic E-state index is 12.3. The van der Waals surface area contributed by atoms with Gasteiger partial charge in [-0.05, 0) is 49.7 Å². The van der Waals surface area contributed by atoms with E-state index in [0.717, 1.165) is 27.9 Å². The van der Waals surface area contributed by atoms with E-state index in [1.807, 2.05) is 63.2 Å². The number of furan rings is 1. The molecule has 0 bridgehead atoms. The van der Waals surface area contributed by atoms with Gasteiger partial charge in [0.05, 0.1) is 6.04 Å². The first kappa shape index (κ1) is 18.7. The van der Waals surface area contributed by atoms with Crippen LogP contribution < -0.4 is 10.6 Å². The highest BCUT2D eigenvalue weighted by Gasteiger charge is 2.15. The molecule has 0 radical (unpaired) electrons. The highest BCUT2D eigenvalue weighted by atomic mass is 16.3. The molecule has 0 aliphatic heterocycles. The van der Waals surface area contributed by atoms with Crippen molar-refractivity contribution >= 4 is 22.6 Å². The molecule has 0 saturated heterocycles. The molecular formula is C22H24N2O3. The summed E-state index contributed by atoms with van der Waals surface area (Å²) in [6, 6.07) is 15.3. The lowest BCUT2D eigenvalue weighted by Crippen LogP contribution is -2.32. The zero-order valence-electron chi connectivity index (χ0n) is 15.8. The Morgan fingerprint density at radius 2 is 1.78 bits per heavy atom. The van der Waals surface area contributed by atoms with Crippen LogP contribution in [0.15, 0.2) is 52.9 Å². The van der Waals surface area contributed by atoms with Gasteiger partial charge in [-0.25, -0.2) is 0 Å². The fourth-order valence-electron chi connectivity index (χ4n) is 3.19. The molecule has 0 aliphatic rings. The Morgan fingerprint density at radius 1 is 1.04 bits per heavy atom. The summed E-state index contributed by atoms with van der Waals surface area (Å²) in [6.07, 6.45) is 0.222. The Kier molecular flexibility index (Phi) is 5.60. The molecule has 1 aromatic heterocycles. The molecule has 3 rings (SSSR count). The van der Waals surface area contributed by atoms with Crippen LogP contribution in [0.1, 0.15) is 46.8 Å². The molecule has 2 amide bonds. The van der Waals surface area contributed by atoms with Gasteiger partial charge in [0.2, 0.25) is 5.91 Å². The van der Waals surface area contributed by atoms with Crippen molar-refractivity contribution in [1.29, 1.82) is 0 Å². The van der Waals surface area contributed by atoms with E-state index in [2.05, 4.69) is 10.6 Å². The molecule has 0 saturated carbocycles. The minimum absolute atomic E-state index is 0.112. The largest absolute Gasteiger partial charge is 0.466 e. The molecule has 5 heteroatoms. The second-order valence-corrected chi connectivity index (χ2v) is 6.73. The number of hydrogen-bond acceptors (Lipinski definition) is 3. The van der Waals surface area contributed by atoms with E-state index in [0.29, 0.717) is 5.56 Å². The quantitative estimate of drug-likeness (QED) is 0.693. The zero-order chi connectivity index (χ0) is 19.4. The molecular weight excluding hydrogens is 340 g/mol. The SMILES string of the molecule is Cc1cc(C(C)NC(=O)CCNC(=O)c2ccc3ccccc3c2)c(C)o1. The molecule has 140 valence electrons. The topological polar surface area (TPSA) is 71.3 Å². The van der Waals surface area contributed by atoms with Gasteiger partial charge in [0.15, 0.2) is 0 Å². The van der Waals surface area contributed by atoms with Gasteiger partial charge in [-0.1, -0.05) is 30.3 Å². The number of carbonyl (C=O) groups excluding carboxylic acids is 2. The van der Waals surface area contributed by atoms with Crippen molar-refractivity contribution in [1.82, 2.24) is 10.6 Å². The minimum Gasteiger partial charge on any atom is -0.466 e. The lowest BCUT2D eigenvalue weighted by Gasteiger charge is -2.13. The van der Waals surface area contributed by atoms with E-state index >= 15 is 0 Å². The predicted molar refractivity (Wildman–Crippen MR) is 106 cm³/mol. The normalized spacial score (nSPS) is 12.0. The third-order valence-corrected chi connectivity index (χ3v) is 4.57. The predicted octanol–water partition coefficient (Wildman–Crippen LogP) is 4.05. The number of fused-ring (bicyclic) bond motifs is 1. The fourth-order valence-corrected chi connectivity index (χ4v) is 3.19. The summed E-state index contributed by atoms with van der Waals surface area (Å²) in [5.74, 6) is 1.35. The van der Waals surface area contributed by atoms with Crippen molar-refractivity contribution in [2.75, 3.05) is 6.54 Å². The van der Waals surface area contributed by atoms with Gasteiger partial charge >= 0.3 is 0 Å². The van der Waals surface area contributed by atoms with Crippen LogP contribution in [0.25, 0.3) is 10.8 Å². The first-order chi connectivity index (χ1) is 12.9. The van der Waals surface area contributed by atoms with Gasteiger partial charge in [0.1, 0.15) is 11.5 Å². The molecule has 5 nitrogen and oxygen atoms in total. The summed E-state index contributed by atoms with van der Waals surface area (Å²) in [7, 11) is 0. The monoisotopic (exact) mass is 364 g/mol. The van der Waals surface area contributed by atoms with Crippen LogP contribution in [0.3, 0.4) is 0 Å². The van der Waals surface area contributed by atoms with Crippen LogP contribution in [-0.4, -0.2) is 18.4 Å². The third kappa shape index (κ3) is 4.56. The van der Waals surface area contributed by atoms with Crippen molar-refractivity contribution in [3.63, 3.8) is 0 Å². The van der Waals surface area contributed by atoms with E-state index < -0.39 is 0 Å². The van der Waals surface area contributed by atoms with Crippen molar-refractivity contribution in [3.05, 3.63) is 71.2 Å². The van der Waals surface area contributed by atoms with E-state index in [9.17, 15) is 9.59 Å². The van der Waals surface area contributed by atoms with E-state index in [1.165, 1.54) is 0 Å². The van der Waals surface area contributed by atoms with E-state index in [1.54, 1.807) is 6.07 Å². The lowest BCUT2D eigenvalue weighted by molar-refractivity contribution is -0.121. The van der Waals surface area contributed by atoms with Crippen molar-refractivity contribution in [2.45, 2.75) is 33.2 Å². The van der Waals surface area contributed by atoms with Crippen LogP contribution in [0.2, 0.25) is 0 Å². The van der Waals surface area contributed by atoms with Gasteiger partial charge in [0.25, 0.3) is 5.91 Å². The van der Waals surface area contributed by atoms with Gasteiger partial charge < -0.3 is 15.1 Å². The summed E-state index contributed by atoms with van der Waals surface area (Å²) in [4.78, 5) is 24.5. The lowest BCUT2D eigenvalue weighted by atomic mass is 10.1. The number of nitrogens with one attached hydrogen (secondary N) is 2. The Morgan fingerprint density at radius 3 is 2.48 bits per heavy atom. The molecule has 2 aromatic carbocycles. The summed E-state index contributed by atoms with van der Waals surface area (Å²) < 4.78 is 5.50. The first-order valence-corrected chi connectivity index (χ1v) is 9.07. The van der Waals surface area contributed by atoms with Crippen molar-refractivity contribution in [3.8, 4) is 0 Å². The standard InChI is InChI=1S/C22H24N2O3/c1-14-12-20(16(3)27-14)15(2)24-21(25)10-11-23-22(26)19-9-8-17-6-4-5-7-18(17)13-19/h4-9,12-13,15H,10-11H2,1-3H3,(H,23,26)(H,24,25). The fraction of sp³-hybridized carbons (Fsp3) is 0.273. The maximum absolute atomic E-state index is 12.3. The van der Waals surface area contributed by atoms with E-state index in [-0.39, 0.29) is 30.8 Å². The van der Waals surface area contributed by atoms with Crippen molar-refractivity contribution < 1.29 is 14.0 Å². The smallest absolute Gasteiger partial charge is 0.251 e. The van der Waals surface area contributed by atoms with Crippen LogP contribution in [0.5, 0.6) is 0 Å². The molecule has 1 unspecified atom stereocenters. The van der Waals surface area contributed by atoms with Gasteiger partial charge in [-0.15, -0.1) is 0 Å². The molecule has 2 N–H and O–H groups in total. The molecule has 0 aliphatic carbocycles. The average Bonchev–Trinajstić information content (AvgIpc) is 2.99. The molecule has 1 heterocycles. The first-order valence-electron chi connectivity index (χ1n) is 9.07. The van der Waals surface area contributed by atoms with Crippen LogP contribution >= 0.6 is 0 Å². The summed E-state index contributed by atoms with van der Waals surface area (Å²) in [5.41, 5.74) is 1.56. The molecule has 1 atom stereocenters. The van der Waals surface area contributed by atoms with Gasteiger partial charge in [-0.3, -0.25) is 9.59 Å². The molecule has 3 aromatic rings. The average molecular weight is 364 g/mol. The number of carbonyl (C=O) groups is 2. The number of hydrogen-bond donors (Lipinski definition) is 2. The number of rotatable bonds is 6. The van der Waals surface area contributed by atoms with Gasteiger partial charge in [-0.2, -0.15) is 0 Å². The summed E-state index contributed by atoms with van der Waals surface area (Å²) >= 11 is 0. The Labute approximate surface area is 158 Å². The Balaban J connectivity index is 1.50. The Bertz CT molecular complexity index is 975. The minimum atomic E-state index is -0.178. The summed E-state index contributed by atoms with van der Waals surface area (Å²) in [5, 5.41) is 7.85. The molecule has 27 heavy (non-hydrogen) atoms. The van der Waals surface area contributed by atoms with Gasteiger partial charge in [0, 0.05) is 24.1 Å². The van der Waals surface area contributed by atoms with E-state index in [4.69, 9.17) is 4.42 Å². The van der Waals surface area contributed by atoms with Crippen molar-refractivity contribution in [2.24, 2.45) is 0 Å². The molecule has 0 spiro atoms. The number of aryl methyl sites for hydroxylation is 2. The third-order valence-electron chi connectivity index (χ3n) is 4.57. The van der Waals surface area contributed by atoms with Crippen LogP contribution in [0, 0.1) is 13.8 Å². The Hall–Kier alpha value is -3.08. The second kappa shape index (κ2) is 8.08.